The first-order valence-electron chi connectivity index (χ1n) is 7.42. The molecular weight excluding hydrogens is 262 g/mol. The molecule has 0 amide bonds. The molecule has 1 unspecified atom stereocenters. The summed E-state index contributed by atoms with van der Waals surface area (Å²) in [7, 11) is 0. The number of hydrogen-bond acceptors (Lipinski definition) is 3. The second-order valence-electron chi connectivity index (χ2n) is 6.50. The zero-order valence-corrected chi connectivity index (χ0v) is 13.3. The van der Waals surface area contributed by atoms with Gasteiger partial charge in [-0.15, -0.1) is 0 Å². The van der Waals surface area contributed by atoms with Crippen LogP contribution in [0, 0.1) is 0 Å². The summed E-state index contributed by atoms with van der Waals surface area (Å²) < 4.78 is 5.47. The van der Waals surface area contributed by atoms with Gasteiger partial charge in [0.05, 0.1) is 6.54 Å². The average molecular weight is 287 g/mol. The molecule has 3 heteroatoms. The molecule has 2 rings (SSSR count). The van der Waals surface area contributed by atoms with Crippen LogP contribution in [-0.2, 0) is 18.6 Å². The number of aliphatic hydroxyl groups is 1. The van der Waals surface area contributed by atoms with Crippen LogP contribution < -0.4 is 5.32 Å². The zero-order valence-electron chi connectivity index (χ0n) is 13.3. The van der Waals surface area contributed by atoms with Crippen molar-refractivity contribution in [2.75, 3.05) is 0 Å². The molecule has 0 fully saturated rings. The van der Waals surface area contributed by atoms with Crippen molar-refractivity contribution in [3.63, 3.8) is 0 Å². The number of nitrogens with one attached hydrogen (secondary N) is 1. The number of hydrogen-bond donors (Lipinski definition) is 2. The first-order valence-corrected chi connectivity index (χ1v) is 7.42. The quantitative estimate of drug-likeness (QED) is 0.876. The van der Waals surface area contributed by atoms with E-state index in [2.05, 4.69) is 57.3 Å². The summed E-state index contributed by atoms with van der Waals surface area (Å²) in [6.07, 6.45) is 0. The Labute approximate surface area is 127 Å². The number of rotatable bonds is 5. The summed E-state index contributed by atoms with van der Waals surface area (Å²) >= 11 is 0. The minimum atomic E-state index is -0.0518. The highest BCUT2D eigenvalue weighted by molar-refractivity contribution is 5.29. The maximum Gasteiger partial charge on any atom is 0.129 e. The minimum Gasteiger partial charge on any atom is -0.462 e. The molecule has 3 nitrogen and oxygen atoms in total. The normalized spacial score (nSPS) is 13.4. The lowest BCUT2D eigenvalue weighted by molar-refractivity contribution is 0.242. The molecule has 1 atom stereocenters. The van der Waals surface area contributed by atoms with E-state index in [1.54, 1.807) is 6.07 Å². The second-order valence-corrected chi connectivity index (χ2v) is 6.50. The standard InChI is InChI=1S/C18H25NO2/c1-13(19-11-16-9-10-17(12-20)21-16)14-5-7-15(8-6-14)18(2,3)4/h5-10,13,19-20H,11-12H2,1-4H3. The molecule has 0 spiro atoms. The van der Waals surface area contributed by atoms with Gasteiger partial charge in [-0.05, 0) is 35.6 Å². The van der Waals surface area contributed by atoms with Crippen LogP contribution in [0.25, 0.3) is 0 Å². The molecule has 114 valence electrons. The molecule has 2 aromatic rings. The summed E-state index contributed by atoms with van der Waals surface area (Å²) in [5.41, 5.74) is 2.79. The van der Waals surface area contributed by atoms with Crippen molar-refractivity contribution in [3.8, 4) is 0 Å². The van der Waals surface area contributed by atoms with Crippen LogP contribution in [0.4, 0.5) is 0 Å². The Balaban J connectivity index is 1.95. The maximum atomic E-state index is 8.98. The van der Waals surface area contributed by atoms with E-state index in [0.29, 0.717) is 12.3 Å². The van der Waals surface area contributed by atoms with Gasteiger partial charge in [-0.1, -0.05) is 45.0 Å². The Bertz CT molecular complexity index is 564. The van der Waals surface area contributed by atoms with Crippen molar-refractivity contribution >= 4 is 0 Å². The van der Waals surface area contributed by atoms with Crippen molar-refractivity contribution in [1.29, 1.82) is 0 Å². The molecule has 0 aliphatic rings. The van der Waals surface area contributed by atoms with Crippen LogP contribution in [-0.4, -0.2) is 5.11 Å². The van der Waals surface area contributed by atoms with Crippen molar-refractivity contribution in [2.45, 2.75) is 52.3 Å². The van der Waals surface area contributed by atoms with Crippen molar-refractivity contribution in [2.24, 2.45) is 0 Å². The van der Waals surface area contributed by atoms with Crippen molar-refractivity contribution in [1.82, 2.24) is 5.32 Å². The van der Waals surface area contributed by atoms with E-state index in [1.165, 1.54) is 11.1 Å². The molecule has 1 aromatic heterocycles. The Morgan fingerprint density at radius 2 is 1.67 bits per heavy atom. The monoisotopic (exact) mass is 287 g/mol. The maximum absolute atomic E-state index is 8.98. The van der Waals surface area contributed by atoms with Gasteiger partial charge in [0.1, 0.15) is 18.1 Å². The lowest BCUT2D eigenvalue weighted by Gasteiger charge is -2.20. The van der Waals surface area contributed by atoms with E-state index in [1.807, 2.05) is 6.07 Å². The van der Waals surface area contributed by atoms with Crippen LogP contribution in [0.3, 0.4) is 0 Å². The summed E-state index contributed by atoms with van der Waals surface area (Å²) in [5.74, 6) is 1.45. The van der Waals surface area contributed by atoms with Crippen molar-refractivity contribution in [3.05, 3.63) is 59.0 Å². The third kappa shape index (κ3) is 4.19. The molecule has 0 aliphatic heterocycles. The smallest absolute Gasteiger partial charge is 0.129 e. The van der Waals surface area contributed by atoms with Gasteiger partial charge in [-0.3, -0.25) is 0 Å². The topological polar surface area (TPSA) is 45.4 Å². The third-order valence-corrected chi connectivity index (χ3v) is 3.73. The molecular formula is C18H25NO2. The van der Waals surface area contributed by atoms with Crippen LogP contribution in [0.15, 0.2) is 40.8 Å². The first-order chi connectivity index (χ1) is 9.90. The highest BCUT2D eigenvalue weighted by Crippen LogP contribution is 2.24. The molecule has 0 saturated heterocycles. The molecule has 0 bridgehead atoms. The lowest BCUT2D eigenvalue weighted by atomic mass is 9.86. The molecule has 1 aromatic carbocycles. The zero-order chi connectivity index (χ0) is 15.5. The predicted octanol–water partition coefficient (Wildman–Crippen LogP) is 3.92. The Hall–Kier alpha value is -1.58. The minimum absolute atomic E-state index is 0.0518. The van der Waals surface area contributed by atoms with Gasteiger partial charge in [0.25, 0.3) is 0 Å². The van der Waals surface area contributed by atoms with Gasteiger partial charge in [-0.2, -0.15) is 0 Å². The van der Waals surface area contributed by atoms with E-state index in [4.69, 9.17) is 9.52 Å². The fraction of sp³-hybridized carbons (Fsp3) is 0.444. The summed E-state index contributed by atoms with van der Waals surface area (Å²) in [5, 5.41) is 12.4. The SMILES string of the molecule is CC(NCc1ccc(CO)o1)c1ccc(C(C)(C)C)cc1. The van der Waals surface area contributed by atoms with Crippen LogP contribution >= 0.6 is 0 Å². The van der Waals surface area contributed by atoms with Gasteiger partial charge >= 0.3 is 0 Å². The molecule has 21 heavy (non-hydrogen) atoms. The third-order valence-electron chi connectivity index (χ3n) is 3.73. The van der Waals surface area contributed by atoms with Gasteiger partial charge in [-0.25, -0.2) is 0 Å². The van der Waals surface area contributed by atoms with E-state index < -0.39 is 0 Å². The van der Waals surface area contributed by atoms with Gasteiger partial charge in [0.15, 0.2) is 0 Å². The van der Waals surface area contributed by atoms with E-state index >= 15 is 0 Å². The second kappa shape index (κ2) is 6.46. The van der Waals surface area contributed by atoms with Gasteiger partial charge in [0, 0.05) is 6.04 Å². The lowest BCUT2D eigenvalue weighted by Crippen LogP contribution is -2.18. The van der Waals surface area contributed by atoms with Crippen molar-refractivity contribution < 1.29 is 9.52 Å². The van der Waals surface area contributed by atoms with E-state index in [0.717, 1.165) is 5.76 Å². The summed E-state index contributed by atoms with van der Waals surface area (Å²) in [4.78, 5) is 0. The van der Waals surface area contributed by atoms with E-state index in [9.17, 15) is 0 Å². The highest BCUT2D eigenvalue weighted by Gasteiger charge is 2.14. The first kappa shape index (κ1) is 15.8. The van der Waals surface area contributed by atoms with E-state index in [-0.39, 0.29) is 18.1 Å². The molecule has 0 saturated carbocycles. The van der Waals surface area contributed by atoms with Gasteiger partial charge in [0.2, 0.25) is 0 Å². The van der Waals surface area contributed by atoms with Crippen LogP contribution in [0.1, 0.15) is 56.4 Å². The Morgan fingerprint density at radius 1 is 1.05 bits per heavy atom. The molecule has 0 aliphatic carbocycles. The predicted molar refractivity (Wildman–Crippen MR) is 85.0 cm³/mol. The van der Waals surface area contributed by atoms with Crippen LogP contribution in [0.5, 0.6) is 0 Å². The summed E-state index contributed by atoms with van der Waals surface area (Å²) in [6, 6.07) is 12.7. The number of furan rings is 1. The number of aliphatic hydroxyl groups excluding tert-OH is 1. The largest absolute Gasteiger partial charge is 0.462 e. The molecule has 1 heterocycles. The fourth-order valence-electron chi connectivity index (χ4n) is 2.25. The fourth-order valence-corrected chi connectivity index (χ4v) is 2.25. The Kier molecular flexibility index (Phi) is 4.86. The van der Waals surface area contributed by atoms with Crippen LogP contribution in [0.2, 0.25) is 0 Å². The highest BCUT2D eigenvalue weighted by atomic mass is 16.4. The average Bonchev–Trinajstić information content (AvgIpc) is 2.92. The molecule has 2 N–H and O–H groups in total. The van der Waals surface area contributed by atoms with Gasteiger partial charge < -0.3 is 14.8 Å². The number of benzene rings is 1. The molecule has 0 radical (unpaired) electrons. The summed E-state index contributed by atoms with van der Waals surface area (Å²) in [6.45, 7) is 9.41. The Morgan fingerprint density at radius 3 is 2.19 bits per heavy atom.